The van der Waals surface area contributed by atoms with E-state index >= 15 is 0 Å². The Labute approximate surface area is 140 Å². The van der Waals surface area contributed by atoms with E-state index in [9.17, 15) is 0 Å². The van der Waals surface area contributed by atoms with Crippen LogP contribution in [0.15, 0.2) is 48.5 Å². The first kappa shape index (κ1) is 14.5. The summed E-state index contributed by atoms with van der Waals surface area (Å²) < 4.78 is 0. The van der Waals surface area contributed by atoms with Crippen molar-refractivity contribution in [1.29, 1.82) is 0 Å². The number of likely N-dealkylation sites (N-methyl/N-ethyl adjacent to an activating group) is 1. The van der Waals surface area contributed by atoms with Gasteiger partial charge < -0.3 is 10.2 Å². The highest BCUT2D eigenvalue weighted by atomic mass is 35.5. The van der Waals surface area contributed by atoms with Crippen molar-refractivity contribution < 1.29 is 0 Å². The highest BCUT2D eigenvalue weighted by Crippen LogP contribution is 2.35. The Balaban J connectivity index is 1.94. The van der Waals surface area contributed by atoms with Gasteiger partial charge in [0.25, 0.3) is 0 Å². The van der Waals surface area contributed by atoms with Crippen molar-refractivity contribution in [2.45, 2.75) is 13.0 Å². The number of hydrogen-bond donors (Lipinski definition) is 1. The topological polar surface area (TPSA) is 28.2 Å². The van der Waals surface area contributed by atoms with Crippen molar-refractivity contribution in [2.75, 3.05) is 18.9 Å². The number of halogens is 1. The van der Waals surface area contributed by atoms with Gasteiger partial charge >= 0.3 is 0 Å². The van der Waals surface area contributed by atoms with Gasteiger partial charge in [0.15, 0.2) is 0 Å². The Bertz CT molecular complexity index is 861. The smallest absolute Gasteiger partial charge is 0.0727 e. The van der Waals surface area contributed by atoms with Crippen LogP contribution in [0.3, 0.4) is 0 Å². The number of aromatic nitrogens is 1. The number of anilines is 2. The average molecular weight is 324 g/mol. The SMILES string of the molecule is CN1CCc2nc3ccc(Cl)cc3c(Nc3ccccc3)c2C1. The third kappa shape index (κ3) is 2.78. The molecule has 3 nitrogen and oxygen atoms in total. The Morgan fingerprint density at radius 2 is 1.96 bits per heavy atom. The molecule has 0 amide bonds. The lowest BCUT2D eigenvalue weighted by atomic mass is 10.00. The lowest BCUT2D eigenvalue weighted by Gasteiger charge is -2.27. The molecule has 0 spiro atoms. The van der Waals surface area contributed by atoms with Crippen molar-refractivity contribution in [2.24, 2.45) is 0 Å². The summed E-state index contributed by atoms with van der Waals surface area (Å²) in [5.74, 6) is 0. The van der Waals surface area contributed by atoms with Crippen LogP contribution in [-0.2, 0) is 13.0 Å². The predicted octanol–water partition coefficient (Wildman–Crippen LogP) is 4.62. The van der Waals surface area contributed by atoms with Crippen LogP contribution in [0.5, 0.6) is 0 Å². The summed E-state index contributed by atoms with van der Waals surface area (Å²) in [7, 11) is 2.15. The van der Waals surface area contributed by atoms with Crippen LogP contribution in [0, 0.1) is 0 Å². The van der Waals surface area contributed by atoms with E-state index in [1.54, 1.807) is 0 Å². The maximum Gasteiger partial charge on any atom is 0.0727 e. The average Bonchev–Trinajstić information content (AvgIpc) is 2.56. The second kappa shape index (κ2) is 5.84. The van der Waals surface area contributed by atoms with E-state index in [1.807, 2.05) is 36.4 Å². The molecule has 1 N–H and O–H groups in total. The molecule has 2 aromatic carbocycles. The minimum absolute atomic E-state index is 0.736. The molecule has 4 rings (SSSR count). The van der Waals surface area contributed by atoms with Gasteiger partial charge in [0.1, 0.15) is 0 Å². The van der Waals surface area contributed by atoms with Crippen molar-refractivity contribution >= 4 is 33.9 Å². The number of nitrogens with one attached hydrogen (secondary N) is 1. The zero-order valence-corrected chi connectivity index (χ0v) is 13.8. The van der Waals surface area contributed by atoms with Crippen LogP contribution >= 0.6 is 11.6 Å². The van der Waals surface area contributed by atoms with Crippen molar-refractivity contribution in [3.8, 4) is 0 Å². The Morgan fingerprint density at radius 3 is 2.78 bits per heavy atom. The summed E-state index contributed by atoms with van der Waals surface area (Å²) >= 11 is 6.24. The highest BCUT2D eigenvalue weighted by molar-refractivity contribution is 6.31. The van der Waals surface area contributed by atoms with E-state index in [-0.39, 0.29) is 0 Å². The molecule has 2 heterocycles. The van der Waals surface area contributed by atoms with Crippen LogP contribution in [0.2, 0.25) is 5.02 Å². The molecule has 116 valence electrons. The Hall–Kier alpha value is -2.10. The minimum atomic E-state index is 0.736. The summed E-state index contributed by atoms with van der Waals surface area (Å²) in [5, 5.41) is 5.41. The van der Waals surface area contributed by atoms with E-state index in [1.165, 1.54) is 11.3 Å². The molecule has 0 unspecified atom stereocenters. The molecule has 0 saturated heterocycles. The molecule has 4 heteroatoms. The molecular formula is C19H18ClN3. The van der Waals surface area contributed by atoms with Gasteiger partial charge in [0.2, 0.25) is 0 Å². The fourth-order valence-electron chi connectivity index (χ4n) is 3.16. The summed E-state index contributed by atoms with van der Waals surface area (Å²) in [4.78, 5) is 7.20. The number of hydrogen-bond acceptors (Lipinski definition) is 3. The van der Waals surface area contributed by atoms with Crippen molar-refractivity contribution in [3.63, 3.8) is 0 Å². The van der Waals surface area contributed by atoms with Crippen molar-refractivity contribution in [3.05, 3.63) is 64.8 Å². The number of benzene rings is 2. The summed E-state index contributed by atoms with van der Waals surface area (Å²) in [6.07, 6.45) is 0.980. The maximum atomic E-state index is 6.24. The van der Waals surface area contributed by atoms with Crippen LogP contribution in [0.1, 0.15) is 11.3 Å². The molecule has 0 bridgehead atoms. The second-order valence-corrected chi connectivity index (χ2v) is 6.49. The van der Waals surface area contributed by atoms with E-state index in [0.717, 1.165) is 46.8 Å². The number of pyridine rings is 1. The maximum absolute atomic E-state index is 6.24. The third-order valence-electron chi connectivity index (χ3n) is 4.33. The molecule has 1 aliphatic heterocycles. The van der Waals surface area contributed by atoms with Gasteiger partial charge in [0, 0.05) is 46.9 Å². The van der Waals surface area contributed by atoms with Crippen LogP contribution < -0.4 is 5.32 Å². The summed E-state index contributed by atoms with van der Waals surface area (Å²) in [6.45, 7) is 1.95. The fourth-order valence-corrected chi connectivity index (χ4v) is 3.33. The van der Waals surface area contributed by atoms with Crippen LogP contribution in [-0.4, -0.2) is 23.5 Å². The van der Waals surface area contributed by atoms with Gasteiger partial charge in [-0.1, -0.05) is 29.8 Å². The van der Waals surface area contributed by atoms with E-state index in [4.69, 9.17) is 16.6 Å². The molecule has 0 aliphatic carbocycles. The standard InChI is InChI=1S/C19H18ClN3/c1-23-10-9-18-16(12-23)19(21-14-5-3-2-4-6-14)15-11-13(20)7-8-17(15)22-18/h2-8,11H,9-10,12H2,1H3,(H,21,22). The lowest BCUT2D eigenvalue weighted by molar-refractivity contribution is 0.311. The molecule has 1 aliphatic rings. The Kier molecular flexibility index (Phi) is 3.68. The van der Waals surface area contributed by atoms with Gasteiger partial charge in [-0.05, 0) is 37.4 Å². The summed E-state index contributed by atoms with van der Waals surface area (Å²) in [5.41, 5.74) is 5.67. The van der Waals surface area contributed by atoms with Crippen molar-refractivity contribution in [1.82, 2.24) is 9.88 Å². The third-order valence-corrected chi connectivity index (χ3v) is 4.57. The number of fused-ring (bicyclic) bond motifs is 2. The second-order valence-electron chi connectivity index (χ2n) is 6.05. The van der Waals surface area contributed by atoms with Gasteiger partial charge in [-0.2, -0.15) is 0 Å². The largest absolute Gasteiger partial charge is 0.355 e. The molecule has 23 heavy (non-hydrogen) atoms. The molecule has 0 saturated carbocycles. The molecule has 0 atom stereocenters. The van der Waals surface area contributed by atoms with Crippen LogP contribution in [0.25, 0.3) is 10.9 Å². The first-order chi connectivity index (χ1) is 11.2. The summed E-state index contributed by atoms with van der Waals surface area (Å²) in [6, 6.07) is 16.2. The van der Waals surface area contributed by atoms with Gasteiger partial charge in [-0.15, -0.1) is 0 Å². The first-order valence-electron chi connectivity index (χ1n) is 7.82. The van der Waals surface area contributed by atoms with E-state index < -0.39 is 0 Å². The van der Waals surface area contributed by atoms with E-state index in [2.05, 4.69) is 29.4 Å². The zero-order valence-electron chi connectivity index (χ0n) is 13.0. The fraction of sp³-hybridized carbons (Fsp3) is 0.211. The first-order valence-corrected chi connectivity index (χ1v) is 8.20. The quantitative estimate of drug-likeness (QED) is 0.746. The predicted molar refractivity (Wildman–Crippen MR) is 96.5 cm³/mol. The lowest BCUT2D eigenvalue weighted by Crippen LogP contribution is -2.28. The molecular weight excluding hydrogens is 306 g/mol. The van der Waals surface area contributed by atoms with Gasteiger partial charge in [-0.25, -0.2) is 0 Å². The molecule has 0 fully saturated rings. The molecule has 1 aromatic heterocycles. The molecule has 3 aromatic rings. The number of rotatable bonds is 2. The minimum Gasteiger partial charge on any atom is -0.355 e. The molecule has 0 radical (unpaired) electrons. The van der Waals surface area contributed by atoms with E-state index in [0.29, 0.717) is 0 Å². The Morgan fingerprint density at radius 1 is 1.13 bits per heavy atom. The zero-order chi connectivity index (χ0) is 15.8. The van der Waals surface area contributed by atoms with Gasteiger partial charge in [0.05, 0.1) is 11.2 Å². The number of nitrogens with zero attached hydrogens (tertiary/aromatic N) is 2. The highest BCUT2D eigenvalue weighted by Gasteiger charge is 2.21. The number of para-hydroxylation sites is 1. The van der Waals surface area contributed by atoms with Gasteiger partial charge in [-0.3, -0.25) is 4.98 Å². The van der Waals surface area contributed by atoms with Crippen LogP contribution in [0.4, 0.5) is 11.4 Å². The normalized spacial score (nSPS) is 14.7. The monoisotopic (exact) mass is 323 g/mol.